The van der Waals surface area contributed by atoms with Gasteiger partial charge in [0.2, 0.25) is 5.91 Å². The van der Waals surface area contributed by atoms with E-state index in [1.54, 1.807) is 6.92 Å². The number of aromatic nitrogens is 1. The number of hydrogen-bond donors (Lipinski definition) is 2. The Morgan fingerprint density at radius 3 is 3.00 bits per heavy atom. The van der Waals surface area contributed by atoms with Gasteiger partial charge in [0.15, 0.2) is 0 Å². The molecule has 1 aromatic carbocycles. The van der Waals surface area contributed by atoms with Crippen LogP contribution < -0.4 is 10.6 Å². The molecule has 0 spiro atoms. The van der Waals surface area contributed by atoms with Gasteiger partial charge >= 0.3 is 0 Å². The molecule has 2 aromatic rings. The molecule has 0 aliphatic carbocycles. The number of rotatable bonds is 4. The minimum absolute atomic E-state index is 0.00416. The third kappa shape index (κ3) is 3.59. The van der Waals surface area contributed by atoms with Gasteiger partial charge in [-0.05, 0) is 36.2 Å². The van der Waals surface area contributed by atoms with Crippen LogP contribution in [0.4, 0.5) is 0 Å². The van der Waals surface area contributed by atoms with E-state index >= 15 is 0 Å². The summed E-state index contributed by atoms with van der Waals surface area (Å²) in [7, 11) is 0. The van der Waals surface area contributed by atoms with E-state index in [-0.39, 0.29) is 11.9 Å². The summed E-state index contributed by atoms with van der Waals surface area (Å²) in [6, 6.07) is 10.3. The molecule has 1 aromatic heterocycles. The molecule has 1 aliphatic heterocycles. The predicted octanol–water partition coefficient (Wildman–Crippen LogP) is 2.98. The van der Waals surface area contributed by atoms with Gasteiger partial charge in [-0.2, -0.15) is 0 Å². The number of halogens is 1. The zero-order chi connectivity index (χ0) is 16.4. The highest BCUT2D eigenvalue weighted by molar-refractivity contribution is 6.30. The first-order valence-corrected chi connectivity index (χ1v) is 8.37. The molecule has 1 amide bonds. The minimum Gasteiger partial charge on any atom is -0.352 e. The van der Waals surface area contributed by atoms with E-state index < -0.39 is 0 Å². The van der Waals surface area contributed by atoms with Crippen molar-refractivity contribution in [3.63, 3.8) is 0 Å². The molecule has 2 N–H and O–H groups in total. The molecule has 23 heavy (non-hydrogen) atoms. The summed E-state index contributed by atoms with van der Waals surface area (Å²) < 4.78 is 2.34. The van der Waals surface area contributed by atoms with Gasteiger partial charge in [-0.25, -0.2) is 0 Å². The molecule has 1 unspecified atom stereocenters. The second-order valence-corrected chi connectivity index (χ2v) is 6.59. The summed E-state index contributed by atoms with van der Waals surface area (Å²) in [5, 5.41) is 7.13. The summed E-state index contributed by atoms with van der Waals surface area (Å²) in [5.41, 5.74) is 4.97. The van der Waals surface area contributed by atoms with Crippen molar-refractivity contribution < 1.29 is 4.79 Å². The van der Waals surface area contributed by atoms with E-state index in [2.05, 4.69) is 27.3 Å². The Kier molecular flexibility index (Phi) is 4.74. The van der Waals surface area contributed by atoms with Gasteiger partial charge in [-0.1, -0.05) is 23.7 Å². The van der Waals surface area contributed by atoms with Gasteiger partial charge < -0.3 is 15.2 Å². The highest BCUT2D eigenvalue weighted by Gasteiger charge is 2.20. The van der Waals surface area contributed by atoms with Crippen LogP contribution in [0.15, 0.2) is 30.3 Å². The Morgan fingerprint density at radius 1 is 1.43 bits per heavy atom. The average Bonchev–Trinajstić information content (AvgIpc) is 2.85. The fraction of sp³-hybridized carbons (Fsp3) is 0.389. The lowest BCUT2D eigenvalue weighted by atomic mass is 10.1. The second kappa shape index (κ2) is 6.77. The smallest absolute Gasteiger partial charge is 0.217 e. The Bertz CT molecular complexity index is 723. The average molecular weight is 332 g/mol. The van der Waals surface area contributed by atoms with Crippen LogP contribution in [0.25, 0.3) is 11.3 Å². The van der Waals surface area contributed by atoms with Gasteiger partial charge in [0.1, 0.15) is 0 Å². The molecule has 2 heterocycles. The van der Waals surface area contributed by atoms with Crippen LogP contribution in [-0.4, -0.2) is 23.1 Å². The molecule has 5 heteroatoms. The van der Waals surface area contributed by atoms with E-state index in [0.29, 0.717) is 0 Å². The molecule has 0 fully saturated rings. The van der Waals surface area contributed by atoms with Crippen LogP contribution in [0.2, 0.25) is 5.02 Å². The number of hydrogen-bond acceptors (Lipinski definition) is 2. The van der Waals surface area contributed by atoms with Gasteiger partial charge in [0.25, 0.3) is 0 Å². The van der Waals surface area contributed by atoms with Crippen molar-refractivity contribution in [2.24, 2.45) is 0 Å². The van der Waals surface area contributed by atoms with Crippen molar-refractivity contribution in [1.29, 1.82) is 0 Å². The van der Waals surface area contributed by atoms with Crippen LogP contribution in [-0.2, 0) is 24.3 Å². The lowest BCUT2D eigenvalue weighted by Gasteiger charge is -2.21. The van der Waals surface area contributed by atoms with Crippen molar-refractivity contribution in [3.8, 4) is 11.3 Å². The van der Waals surface area contributed by atoms with Crippen molar-refractivity contribution >= 4 is 17.5 Å². The quantitative estimate of drug-likeness (QED) is 0.904. The first kappa shape index (κ1) is 16.1. The van der Waals surface area contributed by atoms with Crippen LogP contribution in [0, 0.1) is 0 Å². The molecule has 0 bridgehead atoms. The van der Waals surface area contributed by atoms with E-state index in [4.69, 9.17) is 11.6 Å². The lowest BCUT2D eigenvalue weighted by Crippen LogP contribution is -2.35. The van der Waals surface area contributed by atoms with Crippen LogP contribution >= 0.6 is 11.6 Å². The number of fused-ring (bicyclic) bond motifs is 1. The largest absolute Gasteiger partial charge is 0.352 e. The number of carbonyl (C=O) groups is 1. The third-order valence-electron chi connectivity index (χ3n) is 4.18. The van der Waals surface area contributed by atoms with E-state index in [0.717, 1.165) is 36.6 Å². The lowest BCUT2D eigenvalue weighted by molar-refractivity contribution is -0.119. The Balaban J connectivity index is 2.01. The van der Waals surface area contributed by atoms with Gasteiger partial charge in [0.05, 0.1) is 0 Å². The molecule has 0 saturated heterocycles. The number of carbonyl (C=O) groups excluding carboxylic acids is 1. The number of benzene rings is 1. The topological polar surface area (TPSA) is 46.1 Å². The van der Waals surface area contributed by atoms with Crippen molar-refractivity contribution in [1.82, 2.24) is 15.2 Å². The molecule has 4 nitrogen and oxygen atoms in total. The number of nitrogens with zero attached hydrogens (tertiary/aromatic N) is 1. The normalized spacial score (nSPS) is 15.1. The molecule has 3 rings (SSSR count). The van der Waals surface area contributed by atoms with Crippen molar-refractivity contribution in [2.75, 3.05) is 6.54 Å². The standard InChI is InChI=1S/C18H22ClN3O/c1-12(21-13(2)23)11-22-17-6-7-20-10-15(17)9-18(22)14-4-3-5-16(19)8-14/h3-5,8-9,12,20H,6-7,10-11H2,1-2H3,(H,21,23). The second-order valence-electron chi connectivity index (χ2n) is 6.15. The van der Waals surface area contributed by atoms with Crippen molar-refractivity contribution in [3.05, 3.63) is 46.6 Å². The maximum absolute atomic E-state index is 11.3. The van der Waals surface area contributed by atoms with Crippen LogP contribution in [0.5, 0.6) is 0 Å². The maximum Gasteiger partial charge on any atom is 0.217 e. The first-order chi connectivity index (χ1) is 11.0. The monoisotopic (exact) mass is 331 g/mol. The fourth-order valence-corrected chi connectivity index (χ4v) is 3.48. The molecular weight excluding hydrogens is 310 g/mol. The highest BCUT2D eigenvalue weighted by atomic mass is 35.5. The predicted molar refractivity (Wildman–Crippen MR) is 93.6 cm³/mol. The summed E-state index contributed by atoms with van der Waals surface area (Å²) >= 11 is 6.17. The van der Waals surface area contributed by atoms with Crippen molar-refractivity contribution in [2.45, 2.75) is 39.4 Å². The molecule has 122 valence electrons. The zero-order valence-electron chi connectivity index (χ0n) is 13.5. The van der Waals surface area contributed by atoms with Gasteiger partial charge in [-0.15, -0.1) is 0 Å². The first-order valence-electron chi connectivity index (χ1n) is 7.99. The minimum atomic E-state index is 0.00416. The Morgan fingerprint density at radius 2 is 2.26 bits per heavy atom. The Hall–Kier alpha value is -1.78. The Labute approximate surface area is 141 Å². The van der Waals surface area contributed by atoms with Crippen LogP contribution in [0.1, 0.15) is 25.1 Å². The molecule has 1 atom stereocenters. The zero-order valence-corrected chi connectivity index (χ0v) is 14.3. The fourth-order valence-electron chi connectivity index (χ4n) is 3.29. The number of nitrogens with one attached hydrogen (secondary N) is 2. The van der Waals surface area contributed by atoms with Crippen LogP contribution in [0.3, 0.4) is 0 Å². The molecule has 1 aliphatic rings. The summed E-state index contributed by atoms with van der Waals surface area (Å²) in [4.78, 5) is 11.3. The maximum atomic E-state index is 11.3. The number of amides is 1. The van der Waals surface area contributed by atoms with Gasteiger partial charge in [-0.3, -0.25) is 4.79 Å². The molecular formula is C18H22ClN3O. The highest BCUT2D eigenvalue weighted by Crippen LogP contribution is 2.30. The SMILES string of the molecule is CC(=O)NC(C)Cn1c(-c2cccc(Cl)c2)cc2c1CCNC2. The molecule has 0 saturated carbocycles. The summed E-state index contributed by atoms with van der Waals surface area (Å²) in [6.45, 7) is 6.24. The van der Waals surface area contributed by atoms with E-state index in [9.17, 15) is 4.79 Å². The van der Waals surface area contributed by atoms with E-state index in [1.807, 2.05) is 25.1 Å². The molecule has 0 radical (unpaired) electrons. The van der Waals surface area contributed by atoms with E-state index in [1.165, 1.54) is 17.0 Å². The summed E-state index contributed by atoms with van der Waals surface area (Å²) in [6.07, 6.45) is 1.00. The van der Waals surface area contributed by atoms with Gasteiger partial charge in [0, 0.05) is 55.4 Å². The summed E-state index contributed by atoms with van der Waals surface area (Å²) in [5.74, 6) is 0.00416. The third-order valence-corrected chi connectivity index (χ3v) is 4.41.